The van der Waals surface area contributed by atoms with Crippen LogP contribution in [-0.4, -0.2) is 40.9 Å². The highest BCUT2D eigenvalue weighted by Gasteiger charge is 2.33. The number of alkyl halides is 1. The van der Waals surface area contributed by atoms with E-state index in [1.54, 1.807) is 68.5 Å². The van der Waals surface area contributed by atoms with Gasteiger partial charge in [0.25, 0.3) is 15.9 Å². The first-order valence-corrected chi connectivity index (χ1v) is 11.7. The Morgan fingerprint density at radius 1 is 1.19 bits per heavy atom. The van der Waals surface area contributed by atoms with Gasteiger partial charge in [0.05, 0.1) is 15.5 Å². The molecule has 1 aliphatic rings. The van der Waals surface area contributed by atoms with Crippen molar-refractivity contribution in [2.75, 3.05) is 6.54 Å². The fourth-order valence-electron chi connectivity index (χ4n) is 3.22. The summed E-state index contributed by atoms with van der Waals surface area (Å²) in [7, 11) is -4.02. The van der Waals surface area contributed by atoms with Gasteiger partial charge in [0.2, 0.25) is 0 Å². The lowest BCUT2D eigenvalue weighted by molar-refractivity contribution is -0.121. The molecule has 32 heavy (non-hydrogen) atoms. The lowest BCUT2D eigenvalue weighted by atomic mass is 9.99. The number of aromatic hydroxyl groups is 1. The Kier molecular flexibility index (Phi) is 7.06. The van der Waals surface area contributed by atoms with Crippen LogP contribution < -0.4 is 5.43 Å². The highest BCUT2D eigenvalue weighted by atomic mass is 35.5. The van der Waals surface area contributed by atoms with Crippen LogP contribution in [0.4, 0.5) is 0 Å². The third-order valence-corrected chi connectivity index (χ3v) is 6.91. The summed E-state index contributed by atoms with van der Waals surface area (Å²) in [5.41, 5.74) is 3.60. The van der Waals surface area contributed by atoms with Crippen molar-refractivity contribution >= 4 is 33.2 Å². The van der Waals surface area contributed by atoms with Crippen molar-refractivity contribution in [3.05, 3.63) is 84.1 Å². The number of allylic oxidation sites excluding steroid dienone is 4. The Morgan fingerprint density at radius 2 is 1.84 bits per heavy atom. The zero-order valence-corrected chi connectivity index (χ0v) is 19.3. The predicted octanol–water partition coefficient (Wildman–Crippen LogP) is 3.76. The largest absolute Gasteiger partial charge is 0.507 e. The number of amides is 1. The molecule has 0 heterocycles. The van der Waals surface area contributed by atoms with Gasteiger partial charge in [-0.05, 0) is 44.2 Å². The fraction of sp³-hybridized carbons (Fsp3) is 0.217. The quantitative estimate of drug-likeness (QED) is 0.363. The van der Waals surface area contributed by atoms with E-state index in [1.807, 2.05) is 0 Å². The summed E-state index contributed by atoms with van der Waals surface area (Å²) in [6.07, 6.45) is 5.31. The van der Waals surface area contributed by atoms with Crippen LogP contribution in [0.2, 0.25) is 0 Å². The van der Waals surface area contributed by atoms with E-state index in [1.165, 1.54) is 18.2 Å². The summed E-state index contributed by atoms with van der Waals surface area (Å²) in [4.78, 5) is 12.0. The van der Waals surface area contributed by atoms with E-state index in [9.17, 15) is 18.3 Å². The average Bonchev–Trinajstić information content (AvgIpc) is 2.76. The number of halogens is 1. The van der Waals surface area contributed by atoms with Crippen LogP contribution in [0.1, 0.15) is 25.8 Å². The van der Waals surface area contributed by atoms with Gasteiger partial charge in [0.15, 0.2) is 0 Å². The molecule has 2 aromatic rings. The predicted molar refractivity (Wildman–Crippen MR) is 125 cm³/mol. The van der Waals surface area contributed by atoms with E-state index in [2.05, 4.69) is 10.5 Å². The molecule has 1 atom stereocenters. The molecule has 0 fully saturated rings. The first-order valence-electron chi connectivity index (χ1n) is 9.87. The van der Waals surface area contributed by atoms with Gasteiger partial charge >= 0.3 is 0 Å². The number of para-hydroxylation sites is 1. The van der Waals surface area contributed by atoms with Crippen LogP contribution in [0.5, 0.6) is 5.75 Å². The number of phenolic OH excluding ortho intramolecular Hbond substituents is 1. The number of nitrogens with one attached hydrogen (secondary N) is 1. The summed E-state index contributed by atoms with van der Waals surface area (Å²) in [6.45, 7) is 2.91. The lowest BCUT2D eigenvalue weighted by Crippen LogP contribution is -2.40. The molecule has 2 aromatic carbocycles. The Balaban J connectivity index is 1.87. The normalized spacial score (nSPS) is 18.7. The first kappa shape index (κ1) is 23.6. The molecule has 168 valence electrons. The molecule has 2 N–H and O–H groups in total. The summed E-state index contributed by atoms with van der Waals surface area (Å²) < 4.78 is 27.8. The maximum atomic E-state index is 13.4. The first-order chi connectivity index (χ1) is 15.1. The van der Waals surface area contributed by atoms with Crippen molar-refractivity contribution in [2.24, 2.45) is 5.10 Å². The Hall–Kier alpha value is -3.10. The van der Waals surface area contributed by atoms with Gasteiger partial charge < -0.3 is 5.11 Å². The van der Waals surface area contributed by atoms with Crippen LogP contribution in [0.15, 0.2) is 88.5 Å². The highest BCUT2D eigenvalue weighted by Crippen LogP contribution is 2.33. The van der Waals surface area contributed by atoms with Gasteiger partial charge in [-0.1, -0.05) is 42.5 Å². The number of nitrogens with zero attached hydrogens (tertiary/aromatic N) is 2. The third kappa shape index (κ3) is 5.57. The molecule has 0 bridgehead atoms. The topological polar surface area (TPSA) is 99.1 Å². The standard InChI is InChI=1S/C23H24ClN3O4S/c1-17(20-12-6-7-13-21(20)28)25-26-22(29)16-27(18-9-8-14-23(2,24)15-18)32(30,31)19-10-4-3-5-11-19/h3-14,28H,15-16H2,1-2H3,(H,26,29)/b25-17-. The monoisotopic (exact) mass is 473 g/mol. The van der Waals surface area contributed by atoms with Crippen LogP contribution in [0.3, 0.4) is 0 Å². The number of benzene rings is 2. The smallest absolute Gasteiger partial charge is 0.264 e. The van der Waals surface area contributed by atoms with Crippen molar-refractivity contribution < 1.29 is 18.3 Å². The van der Waals surface area contributed by atoms with Gasteiger partial charge in [0, 0.05) is 17.7 Å². The highest BCUT2D eigenvalue weighted by molar-refractivity contribution is 7.89. The minimum atomic E-state index is -4.02. The van der Waals surface area contributed by atoms with E-state index in [4.69, 9.17) is 11.6 Å². The van der Waals surface area contributed by atoms with E-state index in [0.29, 0.717) is 17.0 Å². The Bertz CT molecular complexity index is 1190. The van der Waals surface area contributed by atoms with Crippen LogP contribution in [0, 0.1) is 0 Å². The minimum Gasteiger partial charge on any atom is -0.507 e. The number of phenols is 1. The van der Waals surface area contributed by atoms with E-state index in [-0.39, 0.29) is 17.1 Å². The van der Waals surface area contributed by atoms with E-state index in [0.717, 1.165) is 4.31 Å². The maximum absolute atomic E-state index is 13.4. The van der Waals surface area contributed by atoms with Gasteiger partial charge in [-0.25, -0.2) is 13.8 Å². The molecule has 0 aromatic heterocycles. The molecule has 9 heteroatoms. The van der Waals surface area contributed by atoms with E-state index < -0.39 is 27.3 Å². The molecule has 0 saturated carbocycles. The van der Waals surface area contributed by atoms with Gasteiger partial charge in [-0.15, -0.1) is 11.6 Å². The molecule has 3 rings (SSSR count). The molecular formula is C23H24ClN3O4S. The van der Waals surface area contributed by atoms with E-state index >= 15 is 0 Å². The lowest BCUT2D eigenvalue weighted by Gasteiger charge is -2.31. The fourth-order valence-corrected chi connectivity index (χ4v) is 4.90. The van der Waals surface area contributed by atoms with Crippen LogP contribution in [0.25, 0.3) is 0 Å². The zero-order chi connectivity index (χ0) is 23.4. The van der Waals surface area contributed by atoms with Crippen LogP contribution >= 0.6 is 11.6 Å². The number of hydrazone groups is 1. The number of hydrogen-bond acceptors (Lipinski definition) is 5. The summed E-state index contributed by atoms with van der Waals surface area (Å²) in [6, 6.07) is 14.5. The Morgan fingerprint density at radius 3 is 2.50 bits per heavy atom. The second kappa shape index (κ2) is 9.58. The molecule has 7 nitrogen and oxygen atoms in total. The Labute approximate surface area is 192 Å². The van der Waals surface area contributed by atoms with Crippen molar-refractivity contribution in [2.45, 2.75) is 30.0 Å². The maximum Gasteiger partial charge on any atom is 0.264 e. The molecule has 0 aliphatic heterocycles. The number of rotatable bonds is 7. The number of carbonyl (C=O) groups excluding carboxylic acids is 1. The average molecular weight is 474 g/mol. The summed E-state index contributed by atoms with van der Waals surface area (Å²) >= 11 is 6.43. The molecule has 0 radical (unpaired) electrons. The number of sulfonamides is 1. The van der Waals surface area contributed by atoms with Crippen molar-refractivity contribution in [1.82, 2.24) is 9.73 Å². The molecule has 0 spiro atoms. The second-order valence-electron chi connectivity index (χ2n) is 7.55. The van der Waals surface area contributed by atoms with Gasteiger partial charge in [-0.2, -0.15) is 5.10 Å². The van der Waals surface area contributed by atoms with Crippen molar-refractivity contribution in [3.8, 4) is 5.75 Å². The summed E-state index contributed by atoms with van der Waals surface area (Å²) in [5, 5.41) is 13.9. The minimum absolute atomic E-state index is 0.0248. The second-order valence-corrected chi connectivity index (χ2v) is 10.3. The van der Waals surface area contributed by atoms with Crippen molar-refractivity contribution in [3.63, 3.8) is 0 Å². The van der Waals surface area contributed by atoms with Crippen LogP contribution in [-0.2, 0) is 14.8 Å². The molecular weight excluding hydrogens is 450 g/mol. The summed E-state index contributed by atoms with van der Waals surface area (Å²) in [5.74, 6) is -0.608. The number of hydrogen-bond donors (Lipinski definition) is 2. The molecule has 1 unspecified atom stereocenters. The third-order valence-electron chi connectivity index (χ3n) is 4.84. The molecule has 0 saturated heterocycles. The molecule has 1 aliphatic carbocycles. The molecule has 1 amide bonds. The van der Waals surface area contributed by atoms with Crippen molar-refractivity contribution in [1.29, 1.82) is 0 Å². The van der Waals surface area contributed by atoms with Gasteiger partial charge in [-0.3, -0.25) is 9.10 Å². The van der Waals surface area contributed by atoms with Gasteiger partial charge in [0.1, 0.15) is 12.3 Å². The zero-order valence-electron chi connectivity index (χ0n) is 17.7. The SMILES string of the molecule is C/C(=N/NC(=O)CN(C1=CC=CC(C)(Cl)C1)S(=O)(=O)c1ccccc1)c1ccccc1O. The number of carbonyl (C=O) groups is 1.